The van der Waals surface area contributed by atoms with Gasteiger partial charge in [0.15, 0.2) is 0 Å². The molecule has 0 aliphatic rings. The minimum Gasteiger partial charge on any atom is -0.356 e. The van der Waals surface area contributed by atoms with Gasteiger partial charge in [0.25, 0.3) is 0 Å². The van der Waals surface area contributed by atoms with Gasteiger partial charge < -0.3 is 10.6 Å². The van der Waals surface area contributed by atoms with Crippen LogP contribution in [0.4, 0.5) is 0 Å². The van der Waals surface area contributed by atoms with Crippen LogP contribution in [0.15, 0.2) is 0 Å². The highest BCUT2D eigenvalue weighted by atomic mass is 32.2. The zero-order valence-electron chi connectivity index (χ0n) is 10.7. The van der Waals surface area contributed by atoms with E-state index in [1.807, 2.05) is 18.7 Å². The van der Waals surface area contributed by atoms with Gasteiger partial charge in [-0.05, 0) is 31.4 Å². The molecule has 2 N–H and O–H groups in total. The summed E-state index contributed by atoms with van der Waals surface area (Å²) in [5.74, 6) is 1.43. The Bertz CT molecular complexity index is 165. The Labute approximate surface area is 104 Å². The Kier molecular flexibility index (Phi) is 12.7. The predicted octanol–water partition coefficient (Wildman–Crippen LogP) is 2.03. The number of amides is 1. The average Bonchev–Trinajstić information content (AvgIpc) is 2.28. The molecule has 96 valence electrons. The van der Waals surface area contributed by atoms with Crippen molar-refractivity contribution >= 4 is 17.7 Å². The van der Waals surface area contributed by atoms with Gasteiger partial charge in [0.1, 0.15) is 0 Å². The third-order valence-corrected chi connectivity index (χ3v) is 3.07. The maximum atomic E-state index is 11.3. The lowest BCUT2D eigenvalue weighted by Crippen LogP contribution is -2.28. The molecule has 0 aromatic heterocycles. The molecule has 3 nitrogen and oxygen atoms in total. The van der Waals surface area contributed by atoms with Crippen molar-refractivity contribution < 1.29 is 4.79 Å². The summed E-state index contributed by atoms with van der Waals surface area (Å²) in [4.78, 5) is 11.3. The molecule has 4 heteroatoms. The Hall–Kier alpha value is -0.220. The molecule has 0 atom stereocenters. The number of carbonyl (C=O) groups is 1. The van der Waals surface area contributed by atoms with Gasteiger partial charge in [-0.3, -0.25) is 4.79 Å². The summed E-state index contributed by atoms with van der Waals surface area (Å²) in [5, 5.41) is 6.09. The van der Waals surface area contributed by atoms with Crippen molar-refractivity contribution in [1.29, 1.82) is 0 Å². The Morgan fingerprint density at radius 1 is 1.12 bits per heavy atom. The average molecular weight is 246 g/mol. The third-order valence-electron chi connectivity index (χ3n) is 2.38. The van der Waals surface area contributed by atoms with E-state index in [1.54, 1.807) is 0 Å². The molecule has 1 amide bonds. The van der Waals surface area contributed by atoms with E-state index in [9.17, 15) is 4.79 Å². The quantitative estimate of drug-likeness (QED) is 0.548. The van der Waals surface area contributed by atoms with Crippen molar-refractivity contribution in [2.75, 3.05) is 31.6 Å². The van der Waals surface area contributed by atoms with Crippen LogP contribution < -0.4 is 10.6 Å². The van der Waals surface area contributed by atoms with E-state index in [-0.39, 0.29) is 5.91 Å². The molecule has 0 aromatic rings. The van der Waals surface area contributed by atoms with Crippen LogP contribution in [-0.4, -0.2) is 37.6 Å². The molecule has 0 rings (SSSR count). The van der Waals surface area contributed by atoms with Gasteiger partial charge >= 0.3 is 0 Å². The largest absolute Gasteiger partial charge is 0.356 e. The number of nitrogens with one attached hydrogen (secondary N) is 2. The maximum Gasteiger partial charge on any atom is 0.221 e. The Morgan fingerprint density at radius 2 is 1.88 bits per heavy atom. The maximum absolute atomic E-state index is 11.3. The molecule has 0 saturated heterocycles. The zero-order chi connectivity index (χ0) is 12.1. The van der Waals surface area contributed by atoms with Gasteiger partial charge in [-0.25, -0.2) is 0 Å². The molecule has 0 heterocycles. The van der Waals surface area contributed by atoms with Gasteiger partial charge in [-0.2, -0.15) is 11.8 Å². The van der Waals surface area contributed by atoms with Crippen LogP contribution in [0.25, 0.3) is 0 Å². The molecule has 0 aliphatic carbocycles. The lowest BCUT2D eigenvalue weighted by Gasteiger charge is -2.05. The summed E-state index contributed by atoms with van der Waals surface area (Å²) in [7, 11) is 0. The summed E-state index contributed by atoms with van der Waals surface area (Å²) in [5.41, 5.74) is 0. The van der Waals surface area contributed by atoms with E-state index in [0.29, 0.717) is 6.42 Å². The molecular weight excluding hydrogens is 220 g/mol. The van der Waals surface area contributed by atoms with Gasteiger partial charge in [0, 0.05) is 19.5 Å². The molecule has 0 spiro atoms. The van der Waals surface area contributed by atoms with E-state index in [2.05, 4.69) is 16.9 Å². The molecule has 16 heavy (non-hydrogen) atoms. The first-order valence-electron chi connectivity index (χ1n) is 6.27. The molecule has 0 fully saturated rings. The van der Waals surface area contributed by atoms with Crippen LogP contribution in [0.5, 0.6) is 0 Å². The first kappa shape index (κ1) is 15.8. The Morgan fingerprint density at radius 3 is 2.56 bits per heavy atom. The summed E-state index contributed by atoms with van der Waals surface area (Å²) < 4.78 is 0. The zero-order valence-corrected chi connectivity index (χ0v) is 11.5. The third kappa shape index (κ3) is 11.9. The van der Waals surface area contributed by atoms with Crippen LogP contribution in [-0.2, 0) is 4.79 Å². The number of hydrogen-bond acceptors (Lipinski definition) is 3. The van der Waals surface area contributed by atoms with Crippen molar-refractivity contribution in [1.82, 2.24) is 10.6 Å². The summed E-state index contributed by atoms with van der Waals surface area (Å²) in [6, 6.07) is 0. The number of carbonyl (C=O) groups excluding carboxylic acids is 1. The number of rotatable bonds is 11. The van der Waals surface area contributed by atoms with Crippen LogP contribution in [0.3, 0.4) is 0 Å². The second kappa shape index (κ2) is 12.8. The normalized spacial score (nSPS) is 10.4. The van der Waals surface area contributed by atoms with Crippen molar-refractivity contribution in [3.63, 3.8) is 0 Å². The van der Waals surface area contributed by atoms with Crippen LogP contribution in [0, 0.1) is 0 Å². The minimum absolute atomic E-state index is 0.171. The number of thioether (sulfide) groups is 1. The second-order valence-electron chi connectivity index (χ2n) is 3.86. The van der Waals surface area contributed by atoms with E-state index in [0.717, 1.165) is 26.1 Å². The van der Waals surface area contributed by atoms with E-state index < -0.39 is 0 Å². The van der Waals surface area contributed by atoms with Crippen molar-refractivity contribution in [2.45, 2.75) is 39.0 Å². The lowest BCUT2D eigenvalue weighted by atomic mass is 10.2. The highest BCUT2D eigenvalue weighted by Crippen LogP contribution is 2.03. The Balaban J connectivity index is 3.09. The van der Waals surface area contributed by atoms with Crippen LogP contribution >= 0.6 is 11.8 Å². The van der Waals surface area contributed by atoms with Gasteiger partial charge in [0.2, 0.25) is 5.91 Å². The molecule has 0 unspecified atom stereocenters. The molecule has 0 radical (unpaired) electrons. The van der Waals surface area contributed by atoms with E-state index in [4.69, 9.17) is 0 Å². The fourth-order valence-corrected chi connectivity index (χ4v) is 1.91. The molecular formula is C12H26N2OS. The molecule has 0 saturated carbocycles. The molecule has 0 bridgehead atoms. The first-order chi connectivity index (χ1) is 7.81. The van der Waals surface area contributed by atoms with E-state index >= 15 is 0 Å². The standard InChI is InChI=1S/C12H26N2OS/c1-3-13-10-8-12(15)14-9-6-4-5-7-11-16-2/h13H,3-11H2,1-2H3,(H,14,15). The van der Waals surface area contributed by atoms with Crippen molar-refractivity contribution in [3.05, 3.63) is 0 Å². The smallest absolute Gasteiger partial charge is 0.221 e. The second-order valence-corrected chi connectivity index (χ2v) is 4.85. The topological polar surface area (TPSA) is 41.1 Å². The van der Waals surface area contributed by atoms with Crippen molar-refractivity contribution in [2.24, 2.45) is 0 Å². The van der Waals surface area contributed by atoms with Gasteiger partial charge in [-0.15, -0.1) is 0 Å². The summed E-state index contributed by atoms with van der Waals surface area (Å²) in [6.45, 7) is 4.61. The first-order valence-corrected chi connectivity index (χ1v) is 7.67. The molecule has 0 aromatic carbocycles. The van der Waals surface area contributed by atoms with E-state index in [1.165, 1.54) is 25.0 Å². The number of hydrogen-bond donors (Lipinski definition) is 2. The monoisotopic (exact) mass is 246 g/mol. The fourth-order valence-electron chi connectivity index (χ4n) is 1.42. The minimum atomic E-state index is 0.171. The van der Waals surface area contributed by atoms with Crippen LogP contribution in [0.1, 0.15) is 39.0 Å². The van der Waals surface area contributed by atoms with Crippen molar-refractivity contribution in [3.8, 4) is 0 Å². The summed E-state index contributed by atoms with van der Waals surface area (Å²) in [6.07, 6.45) is 7.67. The highest BCUT2D eigenvalue weighted by molar-refractivity contribution is 7.98. The number of unbranched alkanes of at least 4 members (excludes halogenated alkanes) is 3. The fraction of sp³-hybridized carbons (Fsp3) is 0.917. The SMILES string of the molecule is CCNCCC(=O)NCCCCCCSC. The summed E-state index contributed by atoms with van der Waals surface area (Å²) >= 11 is 1.90. The van der Waals surface area contributed by atoms with Gasteiger partial charge in [-0.1, -0.05) is 19.8 Å². The molecule has 0 aliphatic heterocycles. The predicted molar refractivity (Wildman–Crippen MR) is 73.0 cm³/mol. The lowest BCUT2D eigenvalue weighted by molar-refractivity contribution is -0.121. The van der Waals surface area contributed by atoms with Crippen LogP contribution in [0.2, 0.25) is 0 Å². The van der Waals surface area contributed by atoms with Gasteiger partial charge in [0.05, 0.1) is 0 Å². The highest BCUT2D eigenvalue weighted by Gasteiger charge is 1.98.